The molecule has 7 heteroatoms. The van der Waals surface area contributed by atoms with E-state index in [0.717, 1.165) is 16.8 Å². The van der Waals surface area contributed by atoms with Crippen LogP contribution in [0.25, 0.3) is 0 Å². The van der Waals surface area contributed by atoms with Crippen molar-refractivity contribution in [1.82, 2.24) is 0 Å². The minimum atomic E-state index is -0.444. The molecule has 3 aromatic rings. The monoisotopic (exact) mass is 462 g/mol. The van der Waals surface area contributed by atoms with Gasteiger partial charge < -0.3 is 15.0 Å². The van der Waals surface area contributed by atoms with Crippen LogP contribution in [0, 0.1) is 13.8 Å². The summed E-state index contributed by atoms with van der Waals surface area (Å²) in [6.07, 6.45) is 0. The second-order valence-corrected chi connectivity index (χ2v) is 8.59. The van der Waals surface area contributed by atoms with Crippen molar-refractivity contribution in [3.63, 3.8) is 0 Å². The molecule has 0 spiro atoms. The summed E-state index contributed by atoms with van der Waals surface area (Å²) in [6, 6.07) is 21.6. The van der Waals surface area contributed by atoms with E-state index in [2.05, 4.69) is 5.32 Å². The Labute approximate surface area is 197 Å². The molecule has 3 aromatic carbocycles. The van der Waals surface area contributed by atoms with E-state index in [1.807, 2.05) is 50.2 Å². The molecule has 3 rings (SSSR count). The maximum atomic E-state index is 12.6. The molecular weight excluding hydrogens is 436 g/mol. The summed E-state index contributed by atoms with van der Waals surface area (Å²) in [5.41, 5.74) is 4.16. The van der Waals surface area contributed by atoms with Crippen LogP contribution in [0.5, 0.6) is 5.75 Å². The zero-order chi connectivity index (χ0) is 23.8. The number of thioether (sulfide) groups is 1. The minimum absolute atomic E-state index is 0.0504. The first-order chi connectivity index (χ1) is 15.8. The predicted molar refractivity (Wildman–Crippen MR) is 133 cm³/mol. The largest absolute Gasteiger partial charge is 0.426 e. The molecule has 0 bridgehead atoms. The molecule has 0 aliphatic heterocycles. The lowest BCUT2D eigenvalue weighted by Gasteiger charge is -2.18. The van der Waals surface area contributed by atoms with Gasteiger partial charge in [-0.15, -0.1) is 11.8 Å². The van der Waals surface area contributed by atoms with Gasteiger partial charge in [-0.05, 0) is 67.9 Å². The van der Waals surface area contributed by atoms with Gasteiger partial charge in [-0.3, -0.25) is 14.4 Å². The number of aryl methyl sites for hydroxylation is 2. The van der Waals surface area contributed by atoms with Gasteiger partial charge in [-0.1, -0.05) is 29.8 Å². The third kappa shape index (κ3) is 7.22. The van der Waals surface area contributed by atoms with Crippen LogP contribution in [-0.4, -0.2) is 36.3 Å². The molecule has 0 unspecified atom stereocenters. The Balaban J connectivity index is 1.45. The fourth-order valence-corrected chi connectivity index (χ4v) is 3.64. The van der Waals surface area contributed by atoms with Crippen LogP contribution in [-0.2, 0) is 9.59 Å². The molecule has 0 saturated heterocycles. The van der Waals surface area contributed by atoms with E-state index in [-0.39, 0.29) is 23.3 Å². The van der Waals surface area contributed by atoms with E-state index >= 15 is 0 Å². The molecule has 6 nitrogen and oxygen atoms in total. The van der Waals surface area contributed by atoms with Gasteiger partial charge >= 0.3 is 5.97 Å². The normalized spacial score (nSPS) is 10.4. The molecule has 0 radical (unpaired) electrons. The third-order valence-electron chi connectivity index (χ3n) is 4.81. The van der Waals surface area contributed by atoms with Gasteiger partial charge in [0, 0.05) is 24.0 Å². The standard InChI is InChI=1S/C26H26N2O4S/c1-18-7-9-20(10-8-18)26(31)28(3)22-11-13-23(14-12-22)32-25(30)17-33-16-24(29)27-21-6-4-5-19(2)15-21/h4-15H,16-17H2,1-3H3,(H,27,29). The smallest absolute Gasteiger partial charge is 0.321 e. The van der Waals surface area contributed by atoms with Crippen molar-refractivity contribution in [2.45, 2.75) is 13.8 Å². The number of benzene rings is 3. The van der Waals surface area contributed by atoms with Crippen molar-refractivity contribution in [2.75, 3.05) is 28.8 Å². The van der Waals surface area contributed by atoms with Crippen molar-refractivity contribution in [3.05, 3.63) is 89.5 Å². The fraction of sp³-hybridized carbons (Fsp3) is 0.192. The fourth-order valence-electron chi connectivity index (χ4n) is 3.05. The first-order valence-corrected chi connectivity index (χ1v) is 11.6. The number of rotatable bonds is 8. The SMILES string of the molecule is Cc1ccc(C(=O)N(C)c2ccc(OC(=O)CSCC(=O)Nc3cccc(C)c3)cc2)cc1. The zero-order valence-corrected chi connectivity index (χ0v) is 19.6. The topological polar surface area (TPSA) is 75.7 Å². The van der Waals surface area contributed by atoms with E-state index < -0.39 is 5.97 Å². The van der Waals surface area contributed by atoms with Crippen LogP contribution < -0.4 is 15.0 Å². The Hall–Kier alpha value is -3.58. The number of hydrogen-bond acceptors (Lipinski definition) is 5. The Morgan fingerprint density at radius 2 is 1.58 bits per heavy atom. The molecule has 33 heavy (non-hydrogen) atoms. The average Bonchev–Trinajstić information content (AvgIpc) is 2.79. The second kappa shape index (κ2) is 11.3. The summed E-state index contributed by atoms with van der Waals surface area (Å²) in [4.78, 5) is 38.3. The highest BCUT2D eigenvalue weighted by Crippen LogP contribution is 2.21. The summed E-state index contributed by atoms with van der Waals surface area (Å²) < 4.78 is 5.33. The average molecular weight is 463 g/mol. The van der Waals surface area contributed by atoms with Crippen LogP contribution in [0.1, 0.15) is 21.5 Å². The molecule has 0 aliphatic carbocycles. The lowest BCUT2D eigenvalue weighted by atomic mass is 10.1. The van der Waals surface area contributed by atoms with Crippen molar-refractivity contribution < 1.29 is 19.1 Å². The predicted octanol–water partition coefficient (Wildman–Crippen LogP) is 4.86. The zero-order valence-electron chi connectivity index (χ0n) is 18.8. The maximum absolute atomic E-state index is 12.6. The van der Waals surface area contributed by atoms with Crippen LogP contribution in [0.4, 0.5) is 11.4 Å². The van der Waals surface area contributed by atoms with Crippen LogP contribution in [0.2, 0.25) is 0 Å². The molecule has 0 aromatic heterocycles. The van der Waals surface area contributed by atoms with Gasteiger partial charge in [0.1, 0.15) is 5.75 Å². The molecule has 2 amide bonds. The van der Waals surface area contributed by atoms with Crippen LogP contribution in [0.3, 0.4) is 0 Å². The molecular formula is C26H26N2O4S. The van der Waals surface area contributed by atoms with Gasteiger partial charge in [0.15, 0.2) is 0 Å². The molecule has 170 valence electrons. The Bertz CT molecular complexity index is 1130. The van der Waals surface area contributed by atoms with Gasteiger partial charge in [-0.2, -0.15) is 0 Å². The Kier molecular flexibility index (Phi) is 8.27. The molecule has 0 saturated carbocycles. The number of hydrogen-bond donors (Lipinski definition) is 1. The molecule has 0 heterocycles. The van der Waals surface area contributed by atoms with Crippen molar-refractivity contribution in [1.29, 1.82) is 0 Å². The van der Waals surface area contributed by atoms with Crippen LogP contribution in [0.15, 0.2) is 72.8 Å². The van der Waals surface area contributed by atoms with E-state index in [1.165, 1.54) is 11.8 Å². The van der Waals surface area contributed by atoms with E-state index in [4.69, 9.17) is 4.74 Å². The quantitative estimate of drug-likeness (QED) is 0.382. The Morgan fingerprint density at radius 1 is 0.879 bits per heavy atom. The number of amides is 2. The molecule has 0 fully saturated rings. The number of nitrogens with one attached hydrogen (secondary N) is 1. The van der Waals surface area contributed by atoms with E-state index in [9.17, 15) is 14.4 Å². The number of nitrogens with zero attached hydrogens (tertiary/aromatic N) is 1. The summed E-state index contributed by atoms with van der Waals surface area (Å²) in [6.45, 7) is 3.92. The number of carbonyl (C=O) groups is 3. The number of carbonyl (C=O) groups excluding carboxylic acids is 3. The van der Waals surface area contributed by atoms with Gasteiger partial charge in [0.05, 0.1) is 11.5 Å². The summed E-state index contributed by atoms with van der Waals surface area (Å²) >= 11 is 1.18. The summed E-state index contributed by atoms with van der Waals surface area (Å²) in [7, 11) is 1.70. The van der Waals surface area contributed by atoms with Gasteiger partial charge in [0.2, 0.25) is 5.91 Å². The first-order valence-electron chi connectivity index (χ1n) is 10.4. The van der Waals surface area contributed by atoms with E-state index in [1.54, 1.807) is 48.3 Å². The number of anilines is 2. The van der Waals surface area contributed by atoms with Crippen molar-refractivity contribution in [2.24, 2.45) is 0 Å². The van der Waals surface area contributed by atoms with Crippen LogP contribution >= 0.6 is 11.8 Å². The molecule has 0 aliphatic rings. The van der Waals surface area contributed by atoms with Crippen molar-refractivity contribution in [3.8, 4) is 5.75 Å². The lowest BCUT2D eigenvalue weighted by molar-refractivity contribution is -0.131. The van der Waals surface area contributed by atoms with Gasteiger partial charge in [0.25, 0.3) is 5.91 Å². The third-order valence-corrected chi connectivity index (χ3v) is 5.72. The number of ether oxygens (including phenoxy) is 1. The minimum Gasteiger partial charge on any atom is -0.426 e. The maximum Gasteiger partial charge on any atom is 0.321 e. The summed E-state index contributed by atoms with van der Waals surface area (Å²) in [5, 5.41) is 2.80. The lowest BCUT2D eigenvalue weighted by Crippen LogP contribution is -2.26. The van der Waals surface area contributed by atoms with Gasteiger partial charge in [-0.25, -0.2) is 0 Å². The Morgan fingerprint density at radius 3 is 2.24 bits per heavy atom. The first kappa shape index (κ1) is 24.1. The number of esters is 1. The molecule has 0 atom stereocenters. The van der Waals surface area contributed by atoms with Crippen molar-refractivity contribution >= 4 is 40.9 Å². The highest BCUT2D eigenvalue weighted by atomic mass is 32.2. The van der Waals surface area contributed by atoms with E-state index in [0.29, 0.717) is 17.0 Å². The second-order valence-electron chi connectivity index (χ2n) is 7.61. The summed E-state index contributed by atoms with van der Waals surface area (Å²) in [5.74, 6) is -0.169. The highest BCUT2D eigenvalue weighted by Gasteiger charge is 2.14. The molecule has 1 N–H and O–H groups in total. The highest BCUT2D eigenvalue weighted by molar-refractivity contribution is 8.00.